The van der Waals surface area contributed by atoms with E-state index in [0.29, 0.717) is 17.8 Å². The van der Waals surface area contributed by atoms with Crippen LogP contribution in [0.4, 0.5) is 0 Å². The van der Waals surface area contributed by atoms with Crippen LogP contribution in [0.25, 0.3) is 0 Å². The van der Waals surface area contributed by atoms with E-state index >= 15 is 0 Å². The number of epoxide rings is 1. The summed E-state index contributed by atoms with van der Waals surface area (Å²) in [5.41, 5.74) is 1.50. The maximum absolute atomic E-state index is 13.4. The number of hydrogen-bond acceptors (Lipinski definition) is 5. The molecule has 0 radical (unpaired) electrons. The lowest BCUT2D eigenvalue weighted by Crippen LogP contribution is -2.67. The highest BCUT2D eigenvalue weighted by atomic mass is 16.6. The van der Waals surface area contributed by atoms with Gasteiger partial charge in [0.25, 0.3) is 0 Å². The molecule has 9 atom stereocenters. The van der Waals surface area contributed by atoms with Gasteiger partial charge in [-0.3, -0.25) is 4.79 Å². The second-order valence-corrected chi connectivity index (χ2v) is 15.6. The third-order valence-electron chi connectivity index (χ3n) is 13.3. The molecule has 5 nitrogen and oxygen atoms in total. The highest BCUT2D eigenvalue weighted by Gasteiger charge is 2.81. The largest absolute Gasteiger partial charge is 0.469 e. The standard InChI is InChI=1S/C31H45NO4/c1-26(2)12-13-30(25(33)34-7)11-9-20-28(5)10-8-19-27(3,4)24-18(17-32-36-24)15-29(19,6)21(28)14-23-31(20,35-23)22(30)16-26/h17,19-23H,8-16H2,1-7H3. The number of hydrogen-bond donors (Lipinski definition) is 0. The molecule has 0 aromatic carbocycles. The molecule has 5 fully saturated rings. The molecule has 7 rings (SSSR count). The Morgan fingerprint density at radius 3 is 2.44 bits per heavy atom. The Hall–Kier alpha value is -1.36. The van der Waals surface area contributed by atoms with E-state index < -0.39 is 0 Å². The van der Waals surface area contributed by atoms with Gasteiger partial charge in [-0.05, 0) is 91.8 Å². The van der Waals surface area contributed by atoms with Gasteiger partial charge in [0, 0.05) is 16.9 Å². The van der Waals surface area contributed by atoms with Gasteiger partial charge in [-0.1, -0.05) is 46.7 Å². The van der Waals surface area contributed by atoms with Crippen LogP contribution in [0.15, 0.2) is 10.7 Å². The Morgan fingerprint density at radius 1 is 0.944 bits per heavy atom. The SMILES string of the molecule is COC(=O)C12CCC3C4(C)CCC5C(C)(C)c6oncc6CC5(C)C4CC4OC43C1CC(C)(C)CC2. The van der Waals surface area contributed by atoms with Gasteiger partial charge in [0.05, 0.1) is 24.8 Å². The predicted octanol–water partition coefficient (Wildman–Crippen LogP) is 6.48. The van der Waals surface area contributed by atoms with Crippen molar-refractivity contribution in [2.24, 2.45) is 45.3 Å². The predicted molar refractivity (Wildman–Crippen MR) is 136 cm³/mol. The van der Waals surface area contributed by atoms with Crippen LogP contribution < -0.4 is 0 Å². The van der Waals surface area contributed by atoms with Crippen molar-refractivity contribution in [3.8, 4) is 0 Å². The minimum absolute atomic E-state index is 0.000889. The summed E-state index contributed by atoms with van der Waals surface area (Å²) in [5.74, 6) is 3.14. The van der Waals surface area contributed by atoms with E-state index in [9.17, 15) is 4.79 Å². The summed E-state index contributed by atoms with van der Waals surface area (Å²) in [6, 6.07) is 0. The van der Waals surface area contributed by atoms with Crippen LogP contribution in [0.5, 0.6) is 0 Å². The molecule has 5 heteroatoms. The van der Waals surface area contributed by atoms with Crippen molar-refractivity contribution in [1.29, 1.82) is 0 Å². The Kier molecular flexibility index (Phi) is 4.48. The molecule has 1 spiro atoms. The number of esters is 1. The number of carbonyl (C=O) groups excluding carboxylic acids is 1. The molecular formula is C31H45NO4. The summed E-state index contributed by atoms with van der Waals surface area (Å²) in [5, 5.41) is 4.24. The van der Waals surface area contributed by atoms with Crippen molar-refractivity contribution < 1.29 is 18.8 Å². The normalized spacial score (nSPS) is 51.4. The van der Waals surface area contributed by atoms with Crippen LogP contribution in [-0.2, 0) is 26.1 Å². The minimum atomic E-state index is -0.357. The van der Waals surface area contributed by atoms with Gasteiger partial charge in [0.15, 0.2) is 0 Å². The molecule has 2 heterocycles. The number of ether oxygens (including phenoxy) is 2. The monoisotopic (exact) mass is 495 g/mol. The number of carbonyl (C=O) groups is 1. The number of methoxy groups -OCH3 is 1. The van der Waals surface area contributed by atoms with Crippen LogP contribution in [0.3, 0.4) is 0 Å². The van der Waals surface area contributed by atoms with Gasteiger partial charge in [0.1, 0.15) is 11.4 Å². The topological polar surface area (TPSA) is 64.9 Å². The second kappa shape index (κ2) is 6.79. The molecule has 4 saturated carbocycles. The Morgan fingerprint density at radius 2 is 1.69 bits per heavy atom. The summed E-state index contributed by atoms with van der Waals surface area (Å²) in [6.07, 6.45) is 12.1. The van der Waals surface area contributed by atoms with Gasteiger partial charge in [-0.2, -0.15) is 0 Å². The van der Waals surface area contributed by atoms with E-state index in [4.69, 9.17) is 14.0 Å². The zero-order chi connectivity index (χ0) is 25.5. The molecule has 1 aromatic heterocycles. The molecule has 1 saturated heterocycles. The first-order valence-corrected chi connectivity index (χ1v) is 14.6. The van der Waals surface area contributed by atoms with E-state index in [-0.39, 0.29) is 50.7 Å². The van der Waals surface area contributed by atoms with Gasteiger partial charge in [0.2, 0.25) is 0 Å². The zero-order valence-electron chi connectivity index (χ0n) is 23.4. The van der Waals surface area contributed by atoms with Crippen molar-refractivity contribution in [1.82, 2.24) is 5.16 Å². The summed E-state index contributed by atoms with van der Waals surface area (Å²) in [6.45, 7) is 14.8. The van der Waals surface area contributed by atoms with Crippen molar-refractivity contribution in [2.45, 2.75) is 116 Å². The smallest absolute Gasteiger partial charge is 0.312 e. The van der Waals surface area contributed by atoms with Gasteiger partial charge in [-0.25, -0.2) is 0 Å². The molecular weight excluding hydrogens is 450 g/mol. The van der Waals surface area contributed by atoms with Crippen molar-refractivity contribution in [3.05, 3.63) is 17.5 Å². The van der Waals surface area contributed by atoms with E-state index in [2.05, 4.69) is 46.7 Å². The molecule has 36 heavy (non-hydrogen) atoms. The maximum Gasteiger partial charge on any atom is 0.312 e. The van der Waals surface area contributed by atoms with Crippen LogP contribution in [0.1, 0.15) is 104 Å². The maximum atomic E-state index is 13.4. The molecule has 1 aromatic rings. The van der Waals surface area contributed by atoms with Crippen molar-refractivity contribution in [2.75, 3.05) is 7.11 Å². The van der Waals surface area contributed by atoms with E-state index in [0.717, 1.165) is 50.7 Å². The summed E-state index contributed by atoms with van der Waals surface area (Å²) >= 11 is 0. The Bertz CT molecular complexity index is 1120. The van der Waals surface area contributed by atoms with Crippen molar-refractivity contribution >= 4 is 5.97 Å². The van der Waals surface area contributed by atoms with Crippen LogP contribution >= 0.6 is 0 Å². The van der Waals surface area contributed by atoms with Crippen molar-refractivity contribution in [3.63, 3.8) is 0 Å². The number of rotatable bonds is 1. The molecule has 198 valence electrons. The lowest BCUT2D eigenvalue weighted by atomic mass is 9.35. The molecule has 6 aliphatic rings. The fourth-order valence-electron chi connectivity index (χ4n) is 11.8. The lowest BCUT2D eigenvalue weighted by Gasteiger charge is -2.67. The quantitative estimate of drug-likeness (QED) is 0.329. The summed E-state index contributed by atoms with van der Waals surface area (Å²) in [7, 11) is 1.59. The molecule has 0 bridgehead atoms. The fraction of sp³-hybridized carbons (Fsp3) is 0.871. The Balaban J connectivity index is 1.31. The average Bonchev–Trinajstić information content (AvgIpc) is 3.32. The molecule has 0 N–H and O–H groups in total. The van der Waals surface area contributed by atoms with Gasteiger partial charge in [-0.15, -0.1) is 0 Å². The molecule has 1 aliphatic heterocycles. The first-order chi connectivity index (χ1) is 16.9. The fourth-order valence-corrected chi connectivity index (χ4v) is 11.8. The van der Waals surface area contributed by atoms with Gasteiger partial charge < -0.3 is 14.0 Å². The molecule has 5 aliphatic carbocycles. The number of fused-ring (bicyclic) bond motifs is 6. The molecule has 9 unspecified atom stereocenters. The van der Waals surface area contributed by atoms with Crippen LogP contribution in [0, 0.1) is 45.3 Å². The Labute approximate surface area is 216 Å². The lowest BCUT2D eigenvalue weighted by molar-refractivity contribution is -0.197. The summed E-state index contributed by atoms with van der Waals surface area (Å²) < 4.78 is 18.4. The third kappa shape index (κ3) is 2.58. The first-order valence-electron chi connectivity index (χ1n) is 14.6. The van der Waals surface area contributed by atoms with Crippen LogP contribution in [0.2, 0.25) is 0 Å². The van der Waals surface area contributed by atoms with Gasteiger partial charge >= 0.3 is 5.97 Å². The molecule has 0 amide bonds. The van der Waals surface area contributed by atoms with E-state index in [1.165, 1.54) is 18.4 Å². The van der Waals surface area contributed by atoms with E-state index in [1.807, 2.05) is 6.20 Å². The zero-order valence-corrected chi connectivity index (χ0v) is 23.4. The highest BCUT2D eigenvalue weighted by Crippen LogP contribution is 2.78. The average molecular weight is 496 g/mol. The summed E-state index contributed by atoms with van der Waals surface area (Å²) in [4.78, 5) is 13.4. The third-order valence-corrected chi connectivity index (χ3v) is 13.3. The first kappa shape index (κ1) is 23.7. The minimum Gasteiger partial charge on any atom is -0.469 e. The number of aromatic nitrogens is 1. The second-order valence-electron chi connectivity index (χ2n) is 15.6. The van der Waals surface area contributed by atoms with E-state index in [1.54, 1.807) is 7.11 Å². The van der Waals surface area contributed by atoms with Crippen LogP contribution in [-0.4, -0.2) is 29.9 Å². The highest BCUT2D eigenvalue weighted by molar-refractivity contribution is 5.78. The number of nitrogens with zero attached hydrogens (tertiary/aromatic N) is 1.